The van der Waals surface area contributed by atoms with Gasteiger partial charge in [-0.2, -0.15) is 5.10 Å². The minimum Gasteiger partial charge on any atom is -0.361 e. The molecule has 0 aliphatic carbocycles. The van der Waals surface area contributed by atoms with E-state index in [1.807, 2.05) is 13.0 Å². The van der Waals surface area contributed by atoms with E-state index < -0.39 is 0 Å². The number of pyridine rings is 1. The van der Waals surface area contributed by atoms with Gasteiger partial charge >= 0.3 is 0 Å². The summed E-state index contributed by atoms with van der Waals surface area (Å²) in [6.07, 6.45) is 0. The first kappa shape index (κ1) is 16.3. The average Bonchev–Trinajstić information content (AvgIpc) is 3.09. The second kappa shape index (κ2) is 5.94. The predicted octanol–water partition coefficient (Wildman–Crippen LogP) is 3.49. The predicted molar refractivity (Wildman–Crippen MR) is 95.6 cm³/mol. The van der Waals surface area contributed by atoms with E-state index in [0.717, 1.165) is 16.8 Å². The summed E-state index contributed by atoms with van der Waals surface area (Å²) >= 11 is 0. The van der Waals surface area contributed by atoms with Crippen molar-refractivity contribution in [3.05, 3.63) is 69.2 Å². The van der Waals surface area contributed by atoms with Gasteiger partial charge in [-0.15, -0.1) is 0 Å². The lowest BCUT2D eigenvalue weighted by Crippen LogP contribution is -2.10. The second-order valence-corrected chi connectivity index (χ2v) is 6.34. The molecule has 0 aliphatic heterocycles. The summed E-state index contributed by atoms with van der Waals surface area (Å²) in [7, 11) is 0. The largest absolute Gasteiger partial charge is 0.361 e. The van der Waals surface area contributed by atoms with Crippen LogP contribution in [0.15, 0.2) is 39.6 Å². The number of nitrogens with zero attached hydrogens (tertiary/aromatic N) is 3. The van der Waals surface area contributed by atoms with E-state index >= 15 is 0 Å². The Morgan fingerprint density at radius 3 is 2.54 bits per heavy atom. The van der Waals surface area contributed by atoms with Crippen LogP contribution in [0.4, 0.5) is 4.39 Å². The van der Waals surface area contributed by atoms with Crippen molar-refractivity contribution in [1.82, 2.24) is 19.9 Å². The van der Waals surface area contributed by atoms with Crippen molar-refractivity contribution >= 4 is 11.0 Å². The Hall–Kier alpha value is -3.22. The first-order valence-electron chi connectivity index (χ1n) is 8.22. The fourth-order valence-electron chi connectivity index (χ4n) is 3.22. The molecule has 0 aliphatic rings. The van der Waals surface area contributed by atoms with Crippen molar-refractivity contribution < 1.29 is 8.91 Å². The van der Waals surface area contributed by atoms with Gasteiger partial charge in [-0.1, -0.05) is 17.3 Å². The van der Waals surface area contributed by atoms with Crippen LogP contribution in [0.5, 0.6) is 0 Å². The van der Waals surface area contributed by atoms with Gasteiger partial charge in [0.15, 0.2) is 0 Å². The molecule has 0 bridgehead atoms. The molecule has 3 aromatic heterocycles. The summed E-state index contributed by atoms with van der Waals surface area (Å²) in [5.74, 6) is 0.314. The Morgan fingerprint density at radius 2 is 1.88 bits per heavy atom. The van der Waals surface area contributed by atoms with E-state index in [1.54, 1.807) is 30.7 Å². The topological polar surface area (TPSA) is 76.7 Å². The molecule has 0 saturated carbocycles. The van der Waals surface area contributed by atoms with Gasteiger partial charge in [-0.25, -0.2) is 4.39 Å². The summed E-state index contributed by atoms with van der Waals surface area (Å²) in [5.41, 5.74) is 4.76. The maximum atomic E-state index is 13.1. The maximum Gasteiger partial charge on any atom is 0.256 e. The lowest BCUT2D eigenvalue weighted by molar-refractivity contribution is 0.393. The molecule has 6 nitrogen and oxygen atoms in total. The molecule has 132 valence electrons. The zero-order valence-electron chi connectivity index (χ0n) is 14.6. The number of fused-ring (bicyclic) bond motifs is 1. The van der Waals surface area contributed by atoms with Crippen molar-refractivity contribution in [1.29, 1.82) is 0 Å². The summed E-state index contributed by atoms with van der Waals surface area (Å²) in [6, 6.07) is 8.10. The number of aromatic amines is 1. The average molecular weight is 352 g/mol. The Kier molecular flexibility index (Phi) is 3.72. The number of halogens is 1. The normalized spacial score (nSPS) is 11.4. The first-order chi connectivity index (χ1) is 12.4. The number of hydrogen-bond acceptors (Lipinski definition) is 4. The van der Waals surface area contributed by atoms with Gasteiger partial charge in [0.2, 0.25) is 0 Å². The molecule has 1 aromatic carbocycles. The van der Waals surface area contributed by atoms with Crippen LogP contribution < -0.4 is 5.56 Å². The second-order valence-electron chi connectivity index (χ2n) is 6.34. The summed E-state index contributed by atoms with van der Waals surface area (Å²) in [4.78, 5) is 15.5. The minimum absolute atomic E-state index is 0.212. The molecule has 0 unspecified atom stereocenters. The van der Waals surface area contributed by atoms with Gasteiger partial charge in [0.1, 0.15) is 11.6 Å². The Morgan fingerprint density at radius 1 is 1.15 bits per heavy atom. The third-order valence-electron chi connectivity index (χ3n) is 4.48. The summed E-state index contributed by atoms with van der Waals surface area (Å²) < 4.78 is 20.1. The quantitative estimate of drug-likeness (QED) is 0.612. The van der Waals surface area contributed by atoms with Crippen LogP contribution in [0, 0.1) is 26.6 Å². The van der Waals surface area contributed by atoms with Crippen molar-refractivity contribution in [3.8, 4) is 11.1 Å². The highest BCUT2D eigenvalue weighted by molar-refractivity contribution is 5.83. The highest BCUT2D eigenvalue weighted by Gasteiger charge is 2.18. The van der Waals surface area contributed by atoms with Gasteiger partial charge in [-0.3, -0.25) is 9.48 Å². The van der Waals surface area contributed by atoms with Crippen LogP contribution in [-0.4, -0.2) is 19.9 Å². The van der Waals surface area contributed by atoms with Crippen LogP contribution >= 0.6 is 0 Å². The van der Waals surface area contributed by atoms with Gasteiger partial charge in [0.25, 0.3) is 5.56 Å². The fourth-order valence-corrected chi connectivity index (χ4v) is 3.22. The third kappa shape index (κ3) is 2.61. The molecule has 1 N–H and O–H groups in total. The molecule has 0 spiro atoms. The zero-order chi connectivity index (χ0) is 18.4. The molecule has 26 heavy (non-hydrogen) atoms. The van der Waals surface area contributed by atoms with Crippen molar-refractivity contribution in [2.24, 2.45) is 0 Å². The molecule has 0 radical (unpaired) electrons. The molecule has 0 amide bonds. The number of benzene rings is 1. The van der Waals surface area contributed by atoms with E-state index in [4.69, 9.17) is 4.52 Å². The monoisotopic (exact) mass is 352 g/mol. The van der Waals surface area contributed by atoms with Gasteiger partial charge < -0.3 is 9.51 Å². The highest BCUT2D eigenvalue weighted by atomic mass is 19.1. The zero-order valence-corrected chi connectivity index (χ0v) is 14.6. The van der Waals surface area contributed by atoms with Gasteiger partial charge in [-0.05, 0) is 44.5 Å². The lowest BCUT2D eigenvalue weighted by atomic mass is 10.1. The smallest absolute Gasteiger partial charge is 0.256 e. The van der Waals surface area contributed by atoms with E-state index in [2.05, 4.69) is 15.2 Å². The summed E-state index contributed by atoms with van der Waals surface area (Å²) in [5, 5.41) is 8.46. The van der Waals surface area contributed by atoms with E-state index in [0.29, 0.717) is 34.6 Å². The molecule has 0 atom stereocenters. The van der Waals surface area contributed by atoms with E-state index in [1.165, 1.54) is 12.1 Å². The molecular formula is C19H17FN4O2. The Balaban J connectivity index is 1.89. The van der Waals surface area contributed by atoms with E-state index in [9.17, 15) is 9.18 Å². The van der Waals surface area contributed by atoms with E-state index in [-0.39, 0.29) is 11.4 Å². The van der Waals surface area contributed by atoms with Crippen molar-refractivity contribution in [3.63, 3.8) is 0 Å². The number of hydrogen-bond donors (Lipinski definition) is 1. The van der Waals surface area contributed by atoms with Gasteiger partial charge in [0, 0.05) is 0 Å². The maximum absolute atomic E-state index is 13.1. The fraction of sp³-hybridized carbons (Fsp3) is 0.211. The molecular weight excluding hydrogens is 335 g/mol. The standard InChI is InChI=1S/C19H17FN4O2/c1-10-17(12(3)26-23-10)15-8-16-18(21-19(15)25)11(2)22-24(16)9-13-4-6-14(20)7-5-13/h4-8H,9H2,1-3H3,(H,21,25). The molecule has 0 fully saturated rings. The van der Waals surface area contributed by atoms with Crippen LogP contribution in [0.1, 0.15) is 22.7 Å². The Labute approximate surface area is 148 Å². The van der Waals surface area contributed by atoms with Gasteiger partial charge in [0.05, 0.1) is 40.1 Å². The van der Waals surface area contributed by atoms with Crippen LogP contribution in [0.3, 0.4) is 0 Å². The minimum atomic E-state index is -0.278. The van der Waals surface area contributed by atoms with Crippen LogP contribution in [-0.2, 0) is 6.54 Å². The lowest BCUT2D eigenvalue weighted by Gasteiger charge is -2.05. The number of H-pyrrole nitrogens is 1. The number of rotatable bonds is 3. The molecule has 0 saturated heterocycles. The number of aryl methyl sites for hydroxylation is 3. The van der Waals surface area contributed by atoms with Crippen molar-refractivity contribution in [2.45, 2.75) is 27.3 Å². The Bertz CT molecular complexity index is 1150. The number of nitrogens with one attached hydrogen (secondary N) is 1. The van der Waals surface area contributed by atoms with Crippen molar-refractivity contribution in [2.75, 3.05) is 0 Å². The molecule has 3 heterocycles. The summed E-state index contributed by atoms with van der Waals surface area (Å²) in [6.45, 7) is 5.89. The van der Waals surface area contributed by atoms with Crippen LogP contribution in [0.2, 0.25) is 0 Å². The molecule has 4 rings (SSSR count). The number of aromatic nitrogens is 4. The highest BCUT2D eigenvalue weighted by Crippen LogP contribution is 2.27. The molecule has 4 aromatic rings. The first-order valence-corrected chi connectivity index (χ1v) is 8.22. The molecule has 7 heteroatoms. The van der Waals surface area contributed by atoms with Crippen LogP contribution in [0.25, 0.3) is 22.2 Å². The SMILES string of the molecule is Cc1noc(C)c1-c1cc2c([nH]c1=O)c(C)nn2Cc1ccc(F)cc1. The third-order valence-corrected chi connectivity index (χ3v) is 4.48.